The number of benzene rings is 3. The van der Waals surface area contributed by atoms with Gasteiger partial charge in [0.1, 0.15) is 6.54 Å². The van der Waals surface area contributed by atoms with E-state index in [0.717, 1.165) is 10.6 Å². The highest BCUT2D eigenvalue weighted by Crippen LogP contribution is 2.40. The Bertz CT molecular complexity index is 1370. The zero-order valence-electron chi connectivity index (χ0n) is 17.9. The van der Waals surface area contributed by atoms with Crippen molar-refractivity contribution in [3.05, 3.63) is 88.8 Å². The van der Waals surface area contributed by atoms with Crippen LogP contribution in [-0.2, 0) is 11.3 Å². The third-order valence-corrected chi connectivity index (χ3v) is 6.93. The second-order valence-corrected chi connectivity index (χ2v) is 8.97. The first-order valence-corrected chi connectivity index (χ1v) is 11.3. The highest BCUT2D eigenvalue weighted by atomic mass is 35.5. The Morgan fingerprint density at radius 1 is 1.09 bits per heavy atom. The molecule has 0 aliphatic carbocycles. The van der Waals surface area contributed by atoms with E-state index >= 15 is 4.39 Å². The molecule has 0 unspecified atom stereocenters. The number of aromatic nitrogens is 1. The van der Waals surface area contributed by atoms with E-state index < -0.39 is 11.8 Å². The van der Waals surface area contributed by atoms with E-state index in [1.54, 1.807) is 35.9 Å². The molecule has 0 spiro atoms. The van der Waals surface area contributed by atoms with Gasteiger partial charge < -0.3 is 14.6 Å². The maximum Gasteiger partial charge on any atom is 0.335 e. The van der Waals surface area contributed by atoms with Crippen molar-refractivity contribution in [1.82, 2.24) is 4.57 Å². The van der Waals surface area contributed by atoms with Crippen LogP contribution in [-0.4, -0.2) is 28.6 Å². The summed E-state index contributed by atoms with van der Waals surface area (Å²) in [4.78, 5) is 27.4. The fraction of sp³-hybridized carbons (Fsp3) is 0.120. The molecule has 8 heteroatoms. The van der Waals surface area contributed by atoms with E-state index in [2.05, 4.69) is 0 Å². The number of para-hydroxylation sites is 1. The van der Waals surface area contributed by atoms with Gasteiger partial charge in [-0.1, -0.05) is 47.6 Å². The molecule has 0 saturated carbocycles. The molecule has 0 aliphatic rings. The Morgan fingerprint density at radius 2 is 1.82 bits per heavy atom. The molecule has 1 N–H and O–H groups in total. The number of likely N-dealkylation sites (N-methyl/N-ethyl adjacent to an activating group) is 1. The molecule has 0 saturated heterocycles. The summed E-state index contributed by atoms with van der Waals surface area (Å²) in [6.07, 6.45) is 0. The summed E-state index contributed by atoms with van der Waals surface area (Å²) in [6.45, 7) is 1.73. The summed E-state index contributed by atoms with van der Waals surface area (Å²) < 4.78 is 16.8. The van der Waals surface area contributed by atoms with Crippen molar-refractivity contribution in [2.75, 3.05) is 11.9 Å². The van der Waals surface area contributed by atoms with E-state index in [9.17, 15) is 14.7 Å². The number of rotatable bonds is 6. The third-order valence-electron chi connectivity index (χ3n) is 5.43. The first-order valence-electron chi connectivity index (χ1n) is 10.1. The Kier molecular flexibility index (Phi) is 6.44. The first kappa shape index (κ1) is 22.9. The van der Waals surface area contributed by atoms with E-state index in [4.69, 9.17) is 11.6 Å². The van der Waals surface area contributed by atoms with Crippen LogP contribution in [0.15, 0.2) is 76.5 Å². The number of carboxylic acids is 1. The van der Waals surface area contributed by atoms with Crippen molar-refractivity contribution in [2.45, 2.75) is 23.3 Å². The van der Waals surface area contributed by atoms with Crippen LogP contribution in [0.2, 0.25) is 5.02 Å². The molecule has 5 nitrogen and oxygen atoms in total. The normalized spacial score (nSPS) is 11.0. The zero-order chi connectivity index (χ0) is 23.7. The lowest BCUT2D eigenvalue weighted by molar-refractivity contribution is -0.118. The largest absolute Gasteiger partial charge is 0.478 e. The predicted molar refractivity (Wildman–Crippen MR) is 129 cm³/mol. The highest BCUT2D eigenvalue weighted by molar-refractivity contribution is 7.99. The van der Waals surface area contributed by atoms with Gasteiger partial charge >= 0.3 is 5.97 Å². The Morgan fingerprint density at radius 3 is 2.52 bits per heavy atom. The Labute approximate surface area is 199 Å². The first-order chi connectivity index (χ1) is 15.8. The summed E-state index contributed by atoms with van der Waals surface area (Å²) in [5, 5.41) is 9.87. The minimum atomic E-state index is -1.02. The molecule has 4 aromatic rings. The van der Waals surface area contributed by atoms with Gasteiger partial charge in [-0.3, -0.25) is 4.79 Å². The van der Waals surface area contributed by atoms with Gasteiger partial charge in [-0.05, 0) is 49.4 Å². The van der Waals surface area contributed by atoms with Crippen LogP contribution in [0.3, 0.4) is 0 Å². The van der Waals surface area contributed by atoms with E-state index in [1.165, 1.54) is 28.8 Å². The molecule has 3 aromatic carbocycles. The number of carbonyl (C=O) groups is 2. The molecule has 168 valence electrons. The molecule has 1 amide bonds. The highest BCUT2D eigenvalue weighted by Gasteiger charge is 2.23. The zero-order valence-corrected chi connectivity index (χ0v) is 19.5. The summed E-state index contributed by atoms with van der Waals surface area (Å²) in [6, 6.07) is 18.9. The summed E-state index contributed by atoms with van der Waals surface area (Å²) >= 11 is 7.40. The average Bonchev–Trinajstić information content (AvgIpc) is 3.07. The van der Waals surface area contributed by atoms with E-state index in [-0.39, 0.29) is 28.6 Å². The number of aromatic carboxylic acids is 1. The number of hydrogen-bond donors (Lipinski definition) is 1. The predicted octanol–water partition coefficient (Wildman–Crippen LogP) is 6.25. The molecule has 0 aliphatic heterocycles. The van der Waals surface area contributed by atoms with Crippen molar-refractivity contribution in [1.29, 1.82) is 0 Å². The molecule has 0 fully saturated rings. The summed E-state index contributed by atoms with van der Waals surface area (Å²) in [7, 11) is 1.68. The average molecular weight is 483 g/mol. The van der Waals surface area contributed by atoms with Gasteiger partial charge in [-0.15, -0.1) is 0 Å². The molecule has 1 aromatic heterocycles. The number of anilines is 1. The Hall–Kier alpha value is -3.29. The van der Waals surface area contributed by atoms with Crippen LogP contribution in [0.1, 0.15) is 16.1 Å². The number of halogens is 2. The van der Waals surface area contributed by atoms with E-state index in [0.29, 0.717) is 16.0 Å². The number of carbonyl (C=O) groups excluding carboxylic acids is 1. The van der Waals surface area contributed by atoms with Crippen molar-refractivity contribution >= 4 is 51.8 Å². The van der Waals surface area contributed by atoms with Crippen LogP contribution in [0.25, 0.3) is 10.9 Å². The van der Waals surface area contributed by atoms with Crippen LogP contribution >= 0.6 is 23.4 Å². The van der Waals surface area contributed by atoms with Crippen LogP contribution in [0.4, 0.5) is 10.1 Å². The van der Waals surface area contributed by atoms with Gasteiger partial charge in [0.2, 0.25) is 5.91 Å². The topological polar surface area (TPSA) is 62.5 Å². The quantitative estimate of drug-likeness (QED) is 0.352. The van der Waals surface area contributed by atoms with Gasteiger partial charge in [-0.25, -0.2) is 9.18 Å². The Balaban J connectivity index is 1.78. The van der Waals surface area contributed by atoms with Crippen molar-refractivity contribution in [3.8, 4) is 0 Å². The molecular weight excluding hydrogens is 463 g/mol. The maximum absolute atomic E-state index is 15.2. The van der Waals surface area contributed by atoms with Gasteiger partial charge in [-0.2, -0.15) is 0 Å². The second-order valence-electron chi connectivity index (χ2n) is 7.48. The lowest BCUT2D eigenvalue weighted by Gasteiger charge is -2.19. The van der Waals surface area contributed by atoms with Crippen LogP contribution in [0.5, 0.6) is 0 Å². The monoisotopic (exact) mass is 482 g/mol. The lowest BCUT2D eigenvalue weighted by atomic mass is 10.2. The molecule has 0 radical (unpaired) electrons. The number of carboxylic acid groups (broad SMARTS) is 1. The minimum absolute atomic E-state index is 0.0328. The van der Waals surface area contributed by atoms with E-state index in [1.807, 2.05) is 37.3 Å². The summed E-state index contributed by atoms with van der Waals surface area (Å²) in [5.41, 5.74) is 1.82. The number of nitrogens with zero attached hydrogens (tertiary/aromatic N) is 2. The molecular formula is C25H20ClFN2O3S. The molecule has 33 heavy (non-hydrogen) atoms. The SMILES string of the molecule is Cc1c(Sc2cccc(C(=O)O)c2)c2ccc(Cl)c(F)c2n1CC(=O)N(C)c1ccccc1. The van der Waals surface area contributed by atoms with Gasteiger partial charge in [0.05, 0.1) is 16.1 Å². The number of amides is 1. The summed E-state index contributed by atoms with van der Waals surface area (Å²) in [5.74, 6) is -1.84. The van der Waals surface area contributed by atoms with Crippen LogP contribution < -0.4 is 4.90 Å². The van der Waals surface area contributed by atoms with Crippen molar-refractivity contribution < 1.29 is 19.1 Å². The van der Waals surface area contributed by atoms with Crippen molar-refractivity contribution in [2.24, 2.45) is 0 Å². The standard InChI is InChI=1S/C25H20ClFN2O3S/c1-15-24(33-18-10-6-7-16(13-18)25(31)32)19-11-12-20(26)22(27)23(19)29(15)14-21(30)28(2)17-8-4-3-5-9-17/h3-13H,14H2,1-2H3,(H,31,32). The van der Waals surface area contributed by atoms with Gasteiger partial charge in [0.15, 0.2) is 5.82 Å². The lowest BCUT2D eigenvalue weighted by Crippen LogP contribution is -2.30. The van der Waals surface area contributed by atoms with Crippen LogP contribution in [0, 0.1) is 12.7 Å². The smallest absolute Gasteiger partial charge is 0.335 e. The molecule has 0 bridgehead atoms. The third kappa shape index (κ3) is 4.47. The fourth-order valence-corrected chi connectivity index (χ4v) is 4.90. The van der Waals surface area contributed by atoms with Gasteiger partial charge in [0.25, 0.3) is 0 Å². The fourth-order valence-electron chi connectivity index (χ4n) is 3.65. The molecule has 0 atom stereocenters. The second kappa shape index (κ2) is 9.29. The van der Waals surface area contributed by atoms with Crippen molar-refractivity contribution in [3.63, 3.8) is 0 Å². The minimum Gasteiger partial charge on any atom is -0.478 e. The number of fused-ring (bicyclic) bond motifs is 1. The molecule has 4 rings (SSSR count). The van der Waals surface area contributed by atoms with Gasteiger partial charge in [0, 0.05) is 33.6 Å². The number of hydrogen-bond acceptors (Lipinski definition) is 3. The maximum atomic E-state index is 15.2. The molecule has 1 heterocycles.